The summed E-state index contributed by atoms with van der Waals surface area (Å²) in [7, 11) is 0. The predicted molar refractivity (Wildman–Crippen MR) is 132 cm³/mol. The highest BCUT2D eigenvalue weighted by Crippen LogP contribution is 2.18. The van der Waals surface area contributed by atoms with Gasteiger partial charge in [-0.15, -0.1) is 0 Å². The Labute approximate surface area is 193 Å². The molecule has 0 fully saturated rings. The third-order valence-corrected chi connectivity index (χ3v) is 4.96. The largest absolute Gasteiger partial charge is 0.368 e. The van der Waals surface area contributed by atoms with Gasteiger partial charge in [0.25, 0.3) is 0 Å². The molecule has 0 unspecified atom stereocenters. The number of aromatic nitrogens is 2. The molecule has 0 saturated heterocycles. The molecule has 3 rings (SSSR count). The molecular weight excluding hydrogens is 416 g/mol. The Balaban J connectivity index is 1.50. The number of carbonyl (C=O) groups excluding carboxylic acids is 2. The topological polar surface area (TPSA) is 108 Å². The number of nitrogens with one attached hydrogen (secondary N) is 4. The maximum atomic E-state index is 12.4. The van der Waals surface area contributed by atoms with E-state index in [1.54, 1.807) is 6.07 Å². The number of hydrogen-bond donors (Lipinski definition) is 4. The summed E-state index contributed by atoms with van der Waals surface area (Å²) in [5.41, 5.74) is 4.90. The molecule has 0 atom stereocenters. The van der Waals surface area contributed by atoms with Crippen molar-refractivity contribution in [1.82, 2.24) is 15.3 Å². The number of aryl methyl sites for hydroxylation is 2. The van der Waals surface area contributed by atoms with Gasteiger partial charge in [0.2, 0.25) is 11.8 Å². The maximum absolute atomic E-state index is 12.4. The molecule has 0 aliphatic rings. The number of hydrogen-bond acceptors (Lipinski definition) is 6. The van der Waals surface area contributed by atoms with Crippen LogP contribution in [0.15, 0.2) is 67.5 Å². The summed E-state index contributed by atoms with van der Waals surface area (Å²) in [5.74, 6) is 0.991. The second-order valence-corrected chi connectivity index (χ2v) is 7.56. The first-order valence-corrected chi connectivity index (χ1v) is 10.6. The summed E-state index contributed by atoms with van der Waals surface area (Å²) in [6.45, 7) is 8.46. The van der Waals surface area contributed by atoms with E-state index >= 15 is 0 Å². The van der Waals surface area contributed by atoms with E-state index in [9.17, 15) is 9.59 Å². The van der Waals surface area contributed by atoms with Crippen LogP contribution in [0.3, 0.4) is 0 Å². The fraction of sp³-hybridized carbons (Fsp3) is 0.200. The quantitative estimate of drug-likeness (QED) is 0.280. The zero-order valence-electron chi connectivity index (χ0n) is 18.8. The van der Waals surface area contributed by atoms with Crippen LogP contribution < -0.4 is 21.3 Å². The van der Waals surface area contributed by atoms with Gasteiger partial charge >= 0.3 is 0 Å². The van der Waals surface area contributed by atoms with Crippen molar-refractivity contribution < 1.29 is 9.59 Å². The summed E-state index contributed by atoms with van der Waals surface area (Å²) in [6.07, 6.45) is 2.98. The highest BCUT2D eigenvalue weighted by molar-refractivity contribution is 5.92. The molecule has 1 heterocycles. The van der Waals surface area contributed by atoms with Crippen LogP contribution in [0.4, 0.5) is 23.0 Å². The van der Waals surface area contributed by atoms with Crippen molar-refractivity contribution in [2.75, 3.05) is 29.0 Å². The van der Waals surface area contributed by atoms with Gasteiger partial charge < -0.3 is 21.3 Å². The van der Waals surface area contributed by atoms with Crippen LogP contribution in [0.2, 0.25) is 0 Å². The lowest BCUT2D eigenvalue weighted by Gasteiger charge is -2.10. The van der Waals surface area contributed by atoms with Gasteiger partial charge in [-0.25, -0.2) is 9.97 Å². The summed E-state index contributed by atoms with van der Waals surface area (Å²) < 4.78 is 0. The Morgan fingerprint density at radius 2 is 1.64 bits per heavy atom. The number of rotatable bonds is 10. The molecule has 3 aromatic rings. The van der Waals surface area contributed by atoms with Crippen molar-refractivity contribution in [3.63, 3.8) is 0 Å². The van der Waals surface area contributed by atoms with Gasteiger partial charge in [0.15, 0.2) is 0 Å². The lowest BCUT2D eigenvalue weighted by molar-refractivity contribution is -0.116. The van der Waals surface area contributed by atoms with Crippen LogP contribution in [0.1, 0.15) is 16.7 Å². The van der Waals surface area contributed by atoms with E-state index in [1.165, 1.54) is 18.0 Å². The van der Waals surface area contributed by atoms with Gasteiger partial charge in [-0.05, 0) is 60.9 Å². The third kappa shape index (κ3) is 7.46. The van der Waals surface area contributed by atoms with E-state index in [0.29, 0.717) is 24.7 Å². The minimum atomic E-state index is -0.215. The van der Waals surface area contributed by atoms with Crippen LogP contribution in [0.5, 0.6) is 0 Å². The molecule has 0 aliphatic heterocycles. The van der Waals surface area contributed by atoms with Crippen molar-refractivity contribution in [2.24, 2.45) is 0 Å². The average Bonchev–Trinajstić information content (AvgIpc) is 2.80. The third-order valence-electron chi connectivity index (χ3n) is 4.96. The maximum Gasteiger partial charge on any atom is 0.243 e. The van der Waals surface area contributed by atoms with E-state index in [-0.39, 0.29) is 18.2 Å². The highest BCUT2D eigenvalue weighted by Gasteiger charge is 2.06. The lowest BCUT2D eigenvalue weighted by atomic mass is 10.1. The van der Waals surface area contributed by atoms with Gasteiger partial charge in [0, 0.05) is 30.5 Å². The fourth-order valence-electron chi connectivity index (χ4n) is 3.03. The zero-order valence-corrected chi connectivity index (χ0v) is 18.8. The van der Waals surface area contributed by atoms with Crippen LogP contribution in [-0.2, 0) is 16.0 Å². The highest BCUT2D eigenvalue weighted by atomic mass is 16.2. The van der Waals surface area contributed by atoms with Crippen molar-refractivity contribution in [3.05, 3.63) is 84.2 Å². The smallest absolute Gasteiger partial charge is 0.243 e. The second kappa shape index (κ2) is 11.4. The molecule has 170 valence electrons. The Morgan fingerprint density at radius 1 is 0.909 bits per heavy atom. The van der Waals surface area contributed by atoms with E-state index in [2.05, 4.69) is 37.8 Å². The van der Waals surface area contributed by atoms with E-state index in [4.69, 9.17) is 0 Å². The summed E-state index contributed by atoms with van der Waals surface area (Å²) in [5, 5.41) is 12.0. The first-order valence-electron chi connectivity index (χ1n) is 10.6. The Hall–Kier alpha value is -4.20. The normalized spacial score (nSPS) is 10.2. The number of benzene rings is 2. The monoisotopic (exact) mass is 444 g/mol. The Kier molecular flexibility index (Phi) is 8.13. The molecule has 2 amide bonds. The molecule has 33 heavy (non-hydrogen) atoms. The van der Waals surface area contributed by atoms with E-state index in [1.807, 2.05) is 56.3 Å². The molecule has 0 saturated carbocycles. The predicted octanol–water partition coefficient (Wildman–Crippen LogP) is 3.73. The van der Waals surface area contributed by atoms with Gasteiger partial charge in [-0.3, -0.25) is 9.59 Å². The molecule has 2 aromatic carbocycles. The first kappa shape index (κ1) is 23.5. The van der Waals surface area contributed by atoms with Crippen LogP contribution >= 0.6 is 0 Å². The lowest BCUT2D eigenvalue weighted by Crippen LogP contribution is -2.27. The van der Waals surface area contributed by atoms with Gasteiger partial charge in [-0.1, -0.05) is 24.8 Å². The SMILES string of the molecule is C=CC(=O)NCCNc1cc(Nc2ccc(CC(=O)Nc3ccc(C)c(C)c3)cc2)ncn1. The number of amides is 2. The van der Waals surface area contributed by atoms with Crippen molar-refractivity contribution in [3.8, 4) is 0 Å². The fourth-order valence-corrected chi connectivity index (χ4v) is 3.03. The molecule has 0 radical (unpaired) electrons. The average molecular weight is 445 g/mol. The molecule has 4 N–H and O–H groups in total. The molecular formula is C25H28N6O2. The molecule has 1 aromatic heterocycles. The number of anilines is 4. The van der Waals surface area contributed by atoms with Crippen molar-refractivity contribution in [1.29, 1.82) is 0 Å². The van der Waals surface area contributed by atoms with Crippen LogP contribution in [0, 0.1) is 13.8 Å². The van der Waals surface area contributed by atoms with Gasteiger partial charge in [0.1, 0.15) is 18.0 Å². The standard InChI is InChI=1S/C25H28N6O2/c1-4-24(32)27-12-11-26-22-15-23(29-16-28-22)30-20-9-6-19(7-10-20)14-25(33)31-21-8-5-17(2)18(3)13-21/h4-10,13,15-16H,1,11-12,14H2,2-3H3,(H,27,32)(H,31,33)(H2,26,28,29,30). The van der Waals surface area contributed by atoms with Crippen LogP contribution in [-0.4, -0.2) is 34.9 Å². The van der Waals surface area contributed by atoms with Crippen molar-refractivity contribution >= 4 is 34.8 Å². The van der Waals surface area contributed by atoms with E-state index in [0.717, 1.165) is 22.5 Å². The zero-order chi connectivity index (χ0) is 23.6. The summed E-state index contributed by atoms with van der Waals surface area (Å²) in [4.78, 5) is 31.9. The summed E-state index contributed by atoms with van der Waals surface area (Å²) >= 11 is 0. The number of carbonyl (C=O) groups is 2. The van der Waals surface area contributed by atoms with Gasteiger partial charge in [0.05, 0.1) is 6.42 Å². The molecule has 0 aliphatic carbocycles. The molecule has 0 spiro atoms. The Bertz CT molecular complexity index is 1130. The molecule has 8 nitrogen and oxygen atoms in total. The van der Waals surface area contributed by atoms with Gasteiger partial charge in [-0.2, -0.15) is 0 Å². The minimum Gasteiger partial charge on any atom is -0.368 e. The summed E-state index contributed by atoms with van der Waals surface area (Å²) in [6, 6.07) is 15.3. The minimum absolute atomic E-state index is 0.0604. The first-order chi connectivity index (χ1) is 15.9. The second-order valence-electron chi connectivity index (χ2n) is 7.56. The Morgan fingerprint density at radius 3 is 2.36 bits per heavy atom. The molecule has 0 bridgehead atoms. The van der Waals surface area contributed by atoms with E-state index < -0.39 is 0 Å². The molecule has 8 heteroatoms. The van der Waals surface area contributed by atoms with Crippen molar-refractivity contribution in [2.45, 2.75) is 20.3 Å². The number of nitrogens with zero attached hydrogens (tertiary/aromatic N) is 2. The van der Waals surface area contributed by atoms with Crippen LogP contribution in [0.25, 0.3) is 0 Å².